The Morgan fingerprint density at radius 1 is 1.25 bits per heavy atom. The third-order valence-corrected chi connectivity index (χ3v) is 3.37. The van der Waals surface area contributed by atoms with Crippen LogP contribution in [-0.2, 0) is 0 Å². The number of rotatable bonds is 3. The van der Waals surface area contributed by atoms with Gasteiger partial charge in [-0.1, -0.05) is 28.1 Å². The van der Waals surface area contributed by atoms with E-state index >= 15 is 0 Å². The molecule has 0 saturated heterocycles. The fourth-order valence-corrected chi connectivity index (χ4v) is 2.26. The zero-order valence-electron chi connectivity index (χ0n) is 10.6. The van der Waals surface area contributed by atoms with Gasteiger partial charge in [0.2, 0.25) is 0 Å². The van der Waals surface area contributed by atoms with Gasteiger partial charge in [-0.25, -0.2) is 0 Å². The first-order valence-electron chi connectivity index (χ1n) is 5.71. The molecule has 2 aromatic carbocycles. The summed E-state index contributed by atoms with van der Waals surface area (Å²) >= 11 is 3.31. The van der Waals surface area contributed by atoms with Gasteiger partial charge in [0.25, 0.3) is 5.69 Å². The molecule has 0 aromatic heterocycles. The number of hydrogen-bond donors (Lipinski definition) is 0. The average molecular weight is 332 g/mol. The molecule has 0 bridgehead atoms. The number of nitro groups is 1. The van der Waals surface area contributed by atoms with Crippen LogP contribution in [0, 0.1) is 21.4 Å². The molecule has 0 saturated carbocycles. The quantitative estimate of drug-likeness (QED) is 0.629. The van der Waals surface area contributed by atoms with Gasteiger partial charge in [-0.3, -0.25) is 10.1 Å². The van der Waals surface area contributed by atoms with Crippen LogP contribution in [0.2, 0.25) is 0 Å². The molecule has 0 aliphatic rings. The zero-order chi connectivity index (χ0) is 14.7. The Hall–Kier alpha value is -2.39. The van der Waals surface area contributed by atoms with Crippen LogP contribution in [0.15, 0.2) is 46.9 Å². The summed E-state index contributed by atoms with van der Waals surface area (Å²) in [4.78, 5) is 12.3. The van der Waals surface area contributed by atoms with Crippen molar-refractivity contribution in [2.45, 2.75) is 0 Å². The lowest BCUT2D eigenvalue weighted by Gasteiger charge is -2.20. The van der Waals surface area contributed by atoms with Crippen molar-refractivity contribution in [2.24, 2.45) is 0 Å². The Morgan fingerprint density at radius 2 is 1.95 bits per heavy atom. The highest BCUT2D eigenvalue weighted by atomic mass is 79.9. The second-order valence-electron chi connectivity index (χ2n) is 4.08. The fraction of sp³-hybridized carbons (Fsp3) is 0.0714. The Bertz CT molecular complexity index is 710. The Morgan fingerprint density at radius 3 is 2.60 bits per heavy atom. The van der Waals surface area contributed by atoms with Crippen molar-refractivity contribution in [3.8, 4) is 6.07 Å². The molecule has 5 nitrogen and oxygen atoms in total. The van der Waals surface area contributed by atoms with Crippen LogP contribution in [-0.4, -0.2) is 12.0 Å². The number of halogens is 1. The maximum Gasteiger partial charge on any atom is 0.292 e. The first-order valence-corrected chi connectivity index (χ1v) is 6.50. The fourth-order valence-electron chi connectivity index (χ4n) is 1.91. The number of nitriles is 1. The second-order valence-corrected chi connectivity index (χ2v) is 4.99. The van der Waals surface area contributed by atoms with Gasteiger partial charge >= 0.3 is 0 Å². The third-order valence-electron chi connectivity index (χ3n) is 2.88. The van der Waals surface area contributed by atoms with Crippen molar-refractivity contribution in [3.63, 3.8) is 0 Å². The van der Waals surface area contributed by atoms with E-state index in [-0.39, 0.29) is 5.69 Å². The van der Waals surface area contributed by atoms with E-state index in [1.54, 1.807) is 48.3 Å². The molecular weight excluding hydrogens is 322 g/mol. The summed E-state index contributed by atoms with van der Waals surface area (Å²) in [5.41, 5.74) is 1.50. The van der Waals surface area contributed by atoms with Crippen LogP contribution in [0.4, 0.5) is 17.1 Å². The van der Waals surface area contributed by atoms with Gasteiger partial charge < -0.3 is 4.90 Å². The predicted molar refractivity (Wildman–Crippen MR) is 80.0 cm³/mol. The van der Waals surface area contributed by atoms with E-state index in [1.165, 1.54) is 6.07 Å². The molecule has 100 valence electrons. The lowest BCUT2D eigenvalue weighted by Crippen LogP contribution is -2.13. The molecule has 0 aliphatic carbocycles. The van der Waals surface area contributed by atoms with E-state index in [0.29, 0.717) is 16.9 Å². The normalized spacial score (nSPS) is 9.85. The molecule has 0 atom stereocenters. The van der Waals surface area contributed by atoms with E-state index in [1.807, 2.05) is 0 Å². The summed E-state index contributed by atoms with van der Waals surface area (Å²) in [6.07, 6.45) is 0. The summed E-state index contributed by atoms with van der Waals surface area (Å²) in [5, 5.41) is 20.2. The minimum absolute atomic E-state index is 0.0107. The minimum Gasteiger partial charge on any atom is -0.338 e. The number of anilines is 2. The van der Waals surface area contributed by atoms with Crippen molar-refractivity contribution < 1.29 is 4.92 Å². The number of nitro benzene ring substituents is 1. The van der Waals surface area contributed by atoms with Crippen LogP contribution in [0.5, 0.6) is 0 Å². The molecule has 0 N–H and O–H groups in total. The summed E-state index contributed by atoms with van der Waals surface area (Å²) < 4.78 is 0.736. The lowest BCUT2D eigenvalue weighted by atomic mass is 10.1. The molecule has 0 amide bonds. The number of nitrogens with zero attached hydrogens (tertiary/aromatic N) is 3. The molecule has 0 radical (unpaired) electrons. The maximum atomic E-state index is 11.1. The first kappa shape index (κ1) is 14.0. The predicted octanol–water partition coefficient (Wildman–Crippen LogP) is 4.00. The van der Waals surface area contributed by atoms with Gasteiger partial charge in [0, 0.05) is 17.6 Å². The van der Waals surface area contributed by atoms with Crippen molar-refractivity contribution in [3.05, 3.63) is 62.6 Å². The highest BCUT2D eigenvalue weighted by Crippen LogP contribution is 2.35. The van der Waals surface area contributed by atoms with Gasteiger partial charge in [-0.15, -0.1) is 0 Å². The summed E-state index contributed by atoms with van der Waals surface area (Å²) in [6.45, 7) is 0. The highest BCUT2D eigenvalue weighted by Gasteiger charge is 2.19. The SMILES string of the molecule is CN(c1ccccc1C#N)c1cc(Br)ccc1[N+](=O)[O-]. The lowest BCUT2D eigenvalue weighted by molar-refractivity contribution is -0.384. The number of benzene rings is 2. The molecule has 2 aromatic rings. The van der Waals surface area contributed by atoms with Gasteiger partial charge in [-0.2, -0.15) is 5.26 Å². The van der Waals surface area contributed by atoms with E-state index in [0.717, 1.165) is 4.47 Å². The minimum atomic E-state index is -0.437. The van der Waals surface area contributed by atoms with E-state index in [4.69, 9.17) is 5.26 Å². The molecule has 2 rings (SSSR count). The largest absolute Gasteiger partial charge is 0.338 e. The van der Waals surface area contributed by atoms with Crippen LogP contribution in [0.3, 0.4) is 0 Å². The van der Waals surface area contributed by atoms with E-state index in [9.17, 15) is 10.1 Å². The second kappa shape index (κ2) is 5.72. The first-order chi connectivity index (χ1) is 9.54. The molecule has 0 heterocycles. The van der Waals surface area contributed by atoms with Gasteiger partial charge in [0.15, 0.2) is 0 Å². The van der Waals surface area contributed by atoms with E-state index in [2.05, 4.69) is 22.0 Å². The van der Waals surface area contributed by atoms with Crippen molar-refractivity contribution in [1.29, 1.82) is 5.26 Å². The van der Waals surface area contributed by atoms with Crippen molar-refractivity contribution in [1.82, 2.24) is 0 Å². The van der Waals surface area contributed by atoms with Crippen LogP contribution in [0.1, 0.15) is 5.56 Å². The van der Waals surface area contributed by atoms with Crippen LogP contribution >= 0.6 is 15.9 Å². The highest BCUT2D eigenvalue weighted by molar-refractivity contribution is 9.10. The third kappa shape index (κ3) is 2.63. The molecule has 20 heavy (non-hydrogen) atoms. The Balaban J connectivity index is 2.59. The number of para-hydroxylation sites is 1. The monoisotopic (exact) mass is 331 g/mol. The Kier molecular flexibility index (Phi) is 4.01. The van der Waals surface area contributed by atoms with Gasteiger partial charge in [0.05, 0.1) is 16.2 Å². The molecular formula is C14H10BrN3O2. The average Bonchev–Trinajstić information content (AvgIpc) is 2.46. The van der Waals surface area contributed by atoms with Crippen LogP contribution in [0.25, 0.3) is 0 Å². The summed E-state index contributed by atoms with van der Waals surface area (Å²) in [7, 11) is 1.70. The molecule has 0 aliphatic heterocycles. The zero-order valence-corrected chi connectivity index (χ0v) is 12.2. The number of hydrogen-bond acceptors (Lipinski definition) is 4. The molecule has 0 fully saturated rings. The van der Waals surface area contributed by atoms with Crippen molar-refractivity contribution >= 4 is 33.0 Å². The van der Waals surface area contributed by atoms with Crippen molar-refractivity contribution in [2.75, 3.05) is 11.9 Å². The van der Waals surface area contributed by atoms with Gasteiger partial charge in [-0.05, 0) is 24.3 Å². The molecule has 0 unspecified atom stereocenters. The maximum absolute atomic E-state index is 11.1. The Labute approximate surface area is 124 Å². The topological polar surface area (TPSA) is 70.2 Å². The van der Waals surface area contributed by atoms with Gasteiger partial charge in [0.1, 0.15) is 11.8 Å². The smallest absolute Gasteiger partial charge is 0.292 e. The summed E-state index contributed by atoms with van der Waals surface area (Å²) in [5.74, 6) is 0. The molecule has 0 spiro atoms. The van der Waals surface area contributed by atoms with Crippen LogP contribution < -0.4 is 4.90 Å². The van der Waals surface area contributed by atoms with E-state index < -0.39 is 4.92 Å². The molecule has 6 heteroatoms. The summed E-state index contributed by atoms with van der Waals surface area (Å²) in [6, 6.07) is 13.8. The standard InChI is InChI=1S/C14H10BrN3O2/c1-17(12-5-3-2-4-10(12)9-16)14-8-11(15)6-7-13(14)18(19)20/h2-8H,1H3.